The SMILES string of the molecule is Cc1ccccc1B1C=CC=C(c2ccc(-c3ccccc3)cc2)N1c1ccc(Oc2ccccc2)cc1. The molecule has 1 heterocycles. The molecule has 0 saturated carbocycles. The molecule has 0 radical (unpaired) electrons. The standard InChI is InChI=1S/C35H28BNO/c1-27-11-8-9-16-34(27)36-26-10-17-35(30-20-18-29(19-21-30)28-12-4-2-5-13-28)37(36)31-22-24-33(25-23-31)38-32-14-6-3-7-15-32/h2-26H,1H3. The number of rotatable bonds is 6. The summed E-state index contributed by atoms with van der Waals surface area (Å²) >= 11 is 0. The molecule has 0 amide bonds. The topological polar surface area (TPSA) is 12.5 Å². The molecule has 0 aromatic heterocycles. The summed E-state index contributed by atoms with van der Waals surface area (Å²) in [7, 11) is 0. The van der Waals surface area contributed by atoms with Crippen molar-refractivity contribution < 1.29 is 4.74 Å². The number of anilines is 1. The molecule has 0 N–H and O–H groups in total. The minimum atomic E-state index is 0.0749. The lowest BCUT2D eigenvalue weighted by atomic mass is 9.51. The van der Waals surface area contributed by atoms with Crippen molar-refractivity contribution in [2.24, 2.45) is 0 Å². The molecule has 6 rings (SSSR count). The number of nitrogens with zero attached hydrogens (tertiary/aromatic N) is 1. The van der Waals surface area contributed by atoms with E-state index in [9.17, 15) is 0 Å². The average Bonchev–Trinajstić information content (AvgIpc) is 2.99. The summed E-state index contributed by atoms with van der Waals surface area (Å²) in [4.78, 5) is 2.42. The number of allylic oxidation sites excluding steroid dienone is 2. The molecule has 0 saturated heterocycles. The molecule has 38 heavy (non-hydrogen) atoms. The normalized spacial score (nSPS) is 12.8. The number of para-hydroxylation sites is 1. The van der Waals surface area contributed by atoms with Crippen LogP contribution in [0.1, 0.15) is 11.1 Å². The monoisotopic (exact) mass is 489 g/mol. The van der Waals surface area contributed by atoms with Crippen molar-refractivity contribution in [1.82, 2.24) is 0 Å². The van der Waals surface area contributed by atoms with Gasteiger partial charge in [0.15, 0.2) is 0 Å². The van der Waals surface area contributed by atoms with E-state index >= 15 is 0 Å². The van der Waals surface area contributed by atoms with E-state index in [4.69, 9.17) is 4.74 Å². The van der Waals surface area contributed by atoms with E-state index in [1.54, 1.807) is 0 Å². The molecular formula is C35H28BNO. The number of hydrogen-bond acceptors (Lipinski definition) is 2. The van der Waals surface area contributed by atoms with Gasteiger partial charge in [-0.1, -0.05) is 115 Å². The molecule has 0 spiro atoms. The summed E-state index contributed by atoms with van der Waals surface area (Å²) in [6.45, 7) is 2.26. The first kappa shape index (κ1) is 23.6. The Morgan fingerprint density at radius 2 is 1.13 bits per heavy atom. The lowest BCUT2D eigenvalue weighted by molar-refractivity contribution is 0.483. The summed E-state index contributed by atoms with van der Waals surface area (Å²) in [6, 6.07) is 46.3. The van der Waals surface area contributed by atoms with Gasteiger partial charge in [0.1, 0.15) is 11.5 Å². The Balaban J connectivity index is 1.37. The highest BCUT2D eigenvalue weighted by atomic mass is 16.5. The van der Waals surface area contributed by atoms with Gasteiger partial charge in [-0.3, -0.25) is 0 Å². The third kappa shape index (κ3) is 4.92. The van der Waals surface area contributed by atoms with Crippen LogP contribution in [0.5, 0.6) is 11.5 Å². The number of aryl methyl sites for hydroxylation is 1. The zero-order valence-electron chi connectivity index (χ0n) is 21.4. The maximum atomic E-state index is 6.07. The first-order chi connectivity index (χ1) is 18.8. The predicted octanol–water partition coefficient (Wildman–Crippen LogP) is 8.31. The smallest absolute Gasteiger partial charge is 0.320 e. The molecule has 2 nitrogen and oxygen atoms in total. The summed E-state index contributed by atoms with van der Waals surface area (Å²) in [5, 5.41) is 0. The van der Waals surface area contributed by atoms with Gasteiger partial charge in [0, 0.05) is 11.4 Å². The van der Waals surface area contributed by atoms with E-state index in [1.807, 2.05) is 42.5 Å². The summed E-state index contributed by atoms with van der Waals surface area (Å²) < 4.78 is 6.07. The van der Waals surface area contributed by atoms with Gasteiger partial charge in [0.25, 0.3) is 0 Å². The Bertz CT molecular complexity index is 1570. The summed E-state index contributed by atoms with van der Waals surface area (Å²) in [5.74, 6) is 3.93. The number of benzene rings is 5. The molecule has 0 aliphatic carbocycles. The maximum Gasteiger partial charge on any atom is 0.320 e. The van der Waals surface area contributed by atoms with Gasteiger partial charge >= 0.3 is 6.85 Å². The highest BCUT2D eigenvalue weighted by Crippen LogP contribution is 2.33. The highest BCUT2D eigenvalue weighted by Gasteiger charge is 2.30. The van der Waals surface area contributed by atoms with E-state index in [0.29, 0.717) is 0 Å². The Labute approximate surface area is 225 Å². The zero-order valence-corrected chi connectivity index (χ0v) is 21.4. The van der Waals surface area contributed by atoms with Crippen LogP contribution in [0.15, 0.2) is 152 Å². The van der Waals surface area contributed by atoms with Crippen LogP contribution in [-0.2, 0) is 0 Å². The van der Waals surface area contributed by atoms with Crippen LogP contribution < -0.4 is 15.0 Å². The second-order valence-corrected chi connectivity index (χ2v) is 9.46. The first-order valence-electron chi connectivity index (χ1n) is 13.0. The second kappa shape index (κ2) is 10.7. The van der Waals surface area contributed by atoms with Gasteiger partial charge in [-0.25, -0.2) is 0 Å². The molecule has 0 bridgehead atoms. The molecule has 1 aliphatic heterocycles. The number of hydrogen-bond donors (Lipinski definition) is 0. The second-order valence-electron chi connectivity index (χ2n) is 9.46. The first-order valence-corrected chi connectivity index (χ1v) is 13.0. The Hall–Kier alpha value is -4.76. The molecule has 5 aromatic carbocycles. The van der Waals surface area contributed by atoms with E-state index in [-0.39, 0.29) is 6.85 Å². The van der Waals surface area contributed by atoms with Crippen molar-refractivity contribution in [3.63, 3.8) is 0 Å². The predicted molar refractivity (Wildman–Crippen MR) is 161 cm³/mol. The highest BCUT2D eigenvalue weighted by molar-refractivity contribution is 6.83. The zero-order chi connectivity index (χ0) is 25.7. The lowest BCUT2D eigenvalue weighted by Gasteiger charge is -2.35. The van der Waals surface area contributed by atoms with Gasteiger partial charge in [-0.05, 0) is 71.6 Å². The van der Waals surface area contributed by atoms with Gasteiger partial charge < -0.3 is 9.55 Å². The fourth-order valence-electron chi connectivity index (χ4n) is 5.03. The van der Waals surface area contributed by atoms with Crippen molar-refractivity contribution in [1.29, 1.82) is 0 Å². The van der Waals surface area contributed by atoms with Gasteiger partial charge in [0.2, 0.25) is 0 Å². The van der Waals surface area contributed by atoms with Crippen LogP contribution >= 0.6 is 0 Å². The molecule has 1 aliphatic rings. The van der Waals surface area contributed by atoms with Crippen molar-refractivity contribution in [3.8, 4) is 22.6 Å². The molecule has 3 heteroatoms. The molecular weight excluding hydrogens is 461 g/mol. The van der Waals surface area contributed by atoms with Crippen LogP contribution in [0.25, 0.3) is 16.8 Å². The summed E-state index contributed by atoms with van der Waals surface area (Å²) in [5.41, 5.74) is 8.46. The molecule has 0 fully saturated rings. The average molecular weight is 489 g/mol. The molecule has 0 unspecified atom stereocenters. The molecule has 0 atom stereocenters. The quantitative estimate of drug-likeness (QED) is 0.223. The van der Waals surface area contributed by atoms with Crippen LogP contribution in [0.4, 0.5) is 5.69 Å². The van der Waals surface area contributed by atoms with E-state index in [2.05, 4.69) is 121 Å². The van der Waals surface area contributed by atoms with Crippen LogP contribution in [0.2, 0.25) is 0 Å². The third-order valence-corrected chi connectivity index (χ3v) is 6.97. The fourth-order valence-corrected chi connectivity index (χ4v) is 5.03. The lowest BCUT2D eigenvalue weighted by Crippen LogP contribution is -2.48. The maximum absolute atomic E-state index is 6.07. The van der Waals surface area contributed by atoms with Crippen LogP contribution in [0, 0.1) is 6.92 Å². The third-order valence-electron chi connectivity index (χ3n) is 6.97. The molecule has 5 aromatic rings. The number of ether oxygens (including phenoxy) is 1. The van der Waals surface area contributed by atoms with Gasteiger partial charge in [-0.2, -0.15) is 0 Å². The van der Waals surface area contributed by atoms with Crippen molar-refractivity contribution in [2.75, 3.05) is 4.81 Å². The van der Waals surface area contributed by atoms with Gasteiger partial charge in [-0.15, -0.1) is 0 Å². The Kier molecular flexibility index (Phi) is 6.65. The van der Waals surface area contributed by atoms with Crippen LogP contribution in [0.3, 0.4) is 0 Å². The van der Waals surface area contributed by atoms with E-state index in [1.165, 1.54) is 27.7 Å². The van der Waals surface area contributed by atoms with Crippen LogP contribution in [-0.4, -0.2) is 6.85 Å². The van der Waals surface area contributed by atoms with Crippen molar-refractivity contribution in [2.45, 2.75) is 6.92 Å². The van der Waals surface area contributed by atoms with E-state index in [0.717, 1.165) is 22.9 Å². The van der Waals surface area contributed by atoms with Crippen molar-refractivity contribution >= 4 is 23.7 Å². The minimum Gasteiger partial charge on any atom is -0.457 e. The molecule has 182 valence electrons. The Morgan fingerprint density at radius 1 is 0.553 bits per heavy atom. The van der Waals surface area contributed by atoms with Crippen molar-refractivity contribution in [3.05, 3.63) is 163 Å². The minimum absolute atomic E-state index is 0.0749. The van der Waals surface area contributed by atoms with E-state index < -0.39 is 0 Å². The van der Waals surface area contributed by atoms with Gasteiger partial charge in [0.05, 0.1) is 0 Å². The summed E-state index contributed by atoms with van der Waals surface area (Å²) in [6.07, 6.45) is 4.39. The fraction of sp³-hybridized carbons (Fsp3) is 0.0286. The Morgan fingerprint density at radius 3 is 1.84 bits per heavy atom. The largest absolute Gasteiger partial charge is 0.457 e.